The van der Waals surface area contributed by atoms with Crippen molar-refractivity contribution in [3.8, 4) is 11.7 Å². The highest BCUT2D eigenvalue weighted by atomic mass is 32.2. The summed E-state index contributed by atoms with van der Waals surface area (Å²) in [6, 6.07) is 13.3. The lowest BCUT2D eigenvalue weighted by molar-refractivity contribution is 0.102. The van der Waals surface area contributed by atoms with Crippen molar-refractivity contribution < 1.29 is 26.4 Å². The molecule has 4 aromatic rings. The molecule has 0 radical (unpaired) electrons. The maximum absolute atomic E-state index is 13.0. The zero-order valence-corrected chi connectivity index (χ0v) is 15.9. The minimum atomic E-state index is -3.95. The number of halogens is 1. The third-order valence-corrected chi connectivity index (χ3v) is 5.28. The summed E-state index contributed by atoms with van der Waals surface area (Å²) in [4.78, 5) is 12.3. The van der Waals surface area contributed by atoms with Gasteiger partial charge in [-0.3, -0.25) is 14.8 Å². The van der Waals surface area contributed by atoms with E-state index >= 15 is 0 Å². The molecule has 0 aliphatic heterocycles. The monoisotopic (exact) mass is 428 g/mol. The number of amides is 1. The van der Waals surface area contributed by atoms with E-state index < -0.39 is 21.7 Å². The van der Waals surface area contributed by atoms with Crippen molar-refractivity contribution in [2.24, 2.45) is 0 Å². The molecule has 30 heavy (non-hydrogen) atoms. The van der Waals surface area contributed by atoms with Gasteiger partial charge in [-0.25, -0.2) is 12.8 Å². The number of furan rings is 1. The van der Waals surface area contributed by atoms with Crippen molar-refractivity contribution in [1.29, 1.82) is 0 Å². The largest absolute Gasteiger partial charge is 0.459 e. The molecule has 2 aromatic carbocycles. The van der Waals surface area contributed by atoms with Gasteiger partial charge >= 0.3 is 6.01 Å². The van der Waals surface area contributed by atoms with Gasteiger partial charge < -0.3 is 8.83 Å². The molecule has 0 unspecified atom stereocenters. The molecule has 11 heteroatoms. The Balaban J connectivity index is 1.49. The van der Waals surface area contributed by atoms with Crippen LogP contribution in [0.25, 0.3) is 11.7 Å². The molecule has 2 N–H and O–H groups in total. The SMILES string of the molecule is O=C(Nc1nnc(-c2ccco2)o1)c1cccc(NS(=O)(=O)c2ccc(F)cc2)c1. The molecule has 2 aromatic heterocycles. The van der Waals surface area contributed by atoms with Crippen LogP contribution in [0.3, 0.4) is 0 Å². The van der Waals surface area contributed by atoms with Crippen LogP contribution >= 0.6 is 0 Å². The molecule has 0 aliphatic carbocycles. The third-order valence-electron chi connectivity index (χ3n) is 3.88. The Labute approximate surface area is 169 Å². The van der Waals surface area contributed by atoms with Crippen LogP contribution in [0.4, 0.5) is 16.1 Å². The topological polar surface area (TPSA) is 127 Å². The summed E-state index contributed by atoms with van der Waals surface area (Å²) in [5.74, 6) is -0.701. The minimum absolute atomic E-state index is 0.0936. The van der Waals surface area contributed by atoms with Crippen LogP contribution in [-0.2, 0) is 10.0 Å². The Morgan fingerprint density at radius 3 is 2.53 bits per heavy atom. The minimum Gasteiger partial charge on any atom is -0.459 e. The molecule has 0 spiro atoms. The van der Waals surface area contributed by atoms with Crippen molar-refractivity contribution in [3.05, 3.63) is 78.3 Å². The summed E-state index contributed by atoms with van der Waals surface area (Å²) >= 11 is 0. The Morgan fingerprint density at radius 1 is 1.00 bits per heavy atom. The number of anilines is 2. The number of benzene rings is 2. The third kappa shape index (κ3) is 4.20. The van der Waals surface area contributed by atoms with E-state index in [2.05, 4.69) is 20.2 Å². The number of carbonyl (C=O) groups is 1. The molecule has 9 nitrogen and oxygen atoms in total. The van der Waals surface area contributed by atoms with Crippen LogP contribution < -0.4 is 10.0 Å². The predicted octanol–water partition coefficient (Wildman–Crippen LogP) is 3.52. The second-order valence-electron chi connectivity index (χ2n) is 5.98. The molecule has 4 rings (SSSR count). The van der Waals surface area contributed by atoms with Gasteiger partial charge in [0.1, 0.15) is 5.82 Å². The van der Waals surface area contributed by atoms with Gasteiger partial charge in [0, 0.05) is 11.3 Å². The van der Waals surface area contributed by atoms with E-state index in [1.54, 1.807) is 12.1 Å². The van der Waals surface area contributed by atoms with Gasteiger partial charge in [-0.05, 0) is 54.6 Å². The second-order valence-corrected chi connectivity index (χ2v) is 7.67. The standard InChI is InChI=1S/C19H13FN4O5S/c20-13-6-8-15(9-7-13)30(26,27)24-14-4-1-3-12(11-14)17(25)21-19-23-22-18(29-19)16-5-2-10-28-16/h1-11,24H,(H,21,23,25). The Kier molecular flexibility index (Phi) is 5.02. The zero-order chi connectivity index (χ0) is 21.1. The first-order chi connectivity index (χ1) is 14.4. The van der Waals surface area contributed by atoms with E-state index in [0.717, 1.165) is 24.3 Å². The van der Waals surface area contributed by atoms with Crippen LogP contribution in [0.2, 0.25) is 0 Å². The average molecular weight is 428 g/mol. The molecule has 152 valence electrons. The van der Waals surface area contributed by atoms with E-state index in [0.29, 0.717) is 5.76 Å². The number of hydrogen-bond donors (Lipinski definition) is 2. The van der Waals surface area contributed by atoms with Crippen molar-refractivity contribution >= 4 is 27.6 Å². The van der Waals surface area contributed by atoms with Gasteiger partial charge in [0.25, 0.3) is 21.8 Å². The van der Waals surface area contributed by atoms with E-state index in [-0.39, 0.29) is 28.1 Å². The summed E-state index contributed by atoms with van der Waals surface area (Å²) in [6.45, 7) is 0. The summed E-state index contributed by atoms with van der Waals surface area (Å²) < 4.78 is 50.7. The van der Waals surface area contributed by atoms with Crippen molar-refractivity contribution in [3.63, 3.8) is 0 Å². The number of sulfonamides is 1. The van der Waals surface area contributed by atoms with Crippen molar-refractivity contribution in [1.82, 2.24) is 10.2 Å². The number of nitrogens with zero attached hydrogens (tertiary/aromatic N) is 2. The molecule has 0 saturated carbocycles. The lowest BCUT2D eigenvalue weighted by atomic mass is 10.2. The lowest BCUT2D eigenvalue weighted by Gasteiger charge is -2.09. The average Bonchev–Trinajstić information content (AvgIpc) is 3.40. The van der Waals surface area contributed by atoms with E-state index in [1.165, 1.54) is 30.5 Å². The van der Waals surface area contributed by atoms with Gasteiger partial charge in [-0.1, -0.05) is 11.2 Å². The summed E-state index contributed by atoms with van der Waals surface area (Å²) in [7, 11) is -3.95. The van der Waals surface area contributed by atoms with Crippen LogP contribution in [0.15, 0.2) is 80.7 Å². The molecule has 0 atom stereocenters. The van der Waals surface area contributed by atoms with Gasteiger partial charge in [-0.15, -0.1) is 5.10 Å². The quantitative estimate of drug-likeness (QED) is 0.481. The molecular formula is C19H13FN4O5S. The van der Waals surface area contributed by atoms with E-state index in [4.69, 9.17) is 8.83 Å². The molecule has 0 saturated heterocycles. The number of hydrogen-bond acceptors (Lipinski definition) is 7. The zero-order valence-electron chi connectivity index (χ0n) is 15.1. The molecular weight excluding hydrogens is 415 g/mol. The van der Waals surface area contributed by atoms with Gasteiger partial charge in [0.2, 0.25) is 0 Å². The number of aromatic nitrogens is 2. The highest BCUT2D eigenvalue weighted by Crippen LogP contribution is 2.21. The molecule has 0 fully saturated rings. The maximum Gasteiger partial charge on any atom is 0.322 e. The normalized spacial score (nSPS) is 11.2. The number of nitrogens with one attached hydrogen (secondary N) is 2. The fourth-order valence-corrected chi connectivity index (χ4v) is 3.54. The Bertz CT molecular complexity index is 1280. The lowest BCUT2D eigenvalue weighted by Crippen LogP contribution is -2.15. The van der Waals surface area contributed by atoms with Gasteiger partial charge in [0.05, 0.1) is 11.2 Å². The van der Waals surface area contributed by atoms with Gasteiger partial charge in [-0.2, -0.15) is 0 Å². The Morgan fingerprint density at radius 2 is 1.80 bits per heavy atom. The van der Waals surface area contributed by atoms with Crippen LogP contribution in [-0.4, -0.2) is 24.5 Å². The summed E-state index contributed by atoms with van der Waals surface area (Å²) in [5, 5.41) is 9.91. The molecule has 0 bridgehead atoms. The van der Waals surface area contributed by atoms with Crippen LogP contribution in [0.1, 0.15) is 10.4 Å². The Hall–Kier alpha value is -3.99. The first-order valence-corrected chi connectivity index (χ1v) is 9.96. The maximum atomic E-state index is 13.0. The summed E-state index contributed by atoms with van der Waals surface area (Å²) in [5.41, 5.74) is 0.292. The summed E-state index contributed by atoms with van der Waals surface area (Å²) in [6.07, 6.45) is 1.44. The fourth-order valence-electron chi connectivity index (χ4n) is 2.49. The van der Waals surface area contributed by atoms with E-state index in [9.17, 15) is 17.6 Å². The first-order valence-electron chi connectivity index (χ1n) is 8.48. The fraction of sp³-hybridized carbons (Fsp3) is 0. The molecule has 2 heterocycles. The van der Waals surface area contributed by atoms with E-state index in [1.807, 2.05) is 0 Å². The van der Waals surface area contributed by atoms with Gasteiger partial charge in [0.15, 0.2) is 5.76 Å². The van der Waals surface area contributed by atoms with Crippen LogP contribution in [0, 0.1) is 5.82 Å². The number of carbonyl (C=O) groups excluding carboxylic acids is 1. The highest BCUT2D eigenvalue weighted by Gasteiger charge is 2.17. The second kappa shape index (κ2) is 7.79. The number of rotatable bonds is 6. The first kappa shape index (κ1) is 19.3. The molecule has 1 amide bonds. The van der Waals surface area contributed by atoms with Crippen molar-refractivity contribution in [2.75, 3.05) is 10.0 Å². The smallest absolute Gasteiger partial charge is 0.322 e. The highest BCUT2D eigenvalue weighted by molar-refractivity contribution is 7.92. The molecule has 0 aliphatic rings. The van der Waals surface area contributed by atoms with Crippen LogP contribution in [0.5, 0.6) is 0 Å². The van der Waals surface area contributed by atoms with Crippen molar-refractivity contribution in [2.45, 2.75) is 4.90 Å². The predicted molar refractivity (Wildman–Crippen MR) is 104 cm³/mol.